The van der Waals surface area contributed by atoms with E-state index in [4.69, 9.17) is 4.74 Å². The van der Waals surface area contributed by atoms with Crippen LogP contribution in [0.5, 0.6) is 0 Å². The van der Waals surface area contributed by atoms with Crippen molar-refractivity contribution >= 4 is 51.2 Å². The molecule has 3 heterocycles. The minimum absolute atomic E-state index is 0.0143. The number of rotatable bonds is 8. The standard InChI is InChI=1S/C26H35BrN2O5S/c1-6-34-25(33)19-20-24(32)29(16(12-30)9-13(2)3)22(26(20)11-17(27)21(19)35-26)23(31)28-18-10-14(4)7-8-15(18)5/h7-8,10,13,16-17,19-22,30H,6,9,11-12H2,1-5H3,(H,28,31)/t16-,17?,19-,20+,21-,22?,26?/m1/s1. The average Bonchev–Trinajstić information content (AvgIpc) is 3.38. The van der Waals surface area contributed by atoms with Crippen LogP contribution in [0.2, 0.25) is 0 Å². The smallest absolute Gasteiger partial charge is 0.310 e. The molecule has 7 nitrogen and oxygen atoms in total. The van der Waals surface area contributed by atoms with Gasteiger partial charge in [-0.05, 0) is 56.7 Å². The van der Waals surface area contributed by atoms with Gasteiger partial charge in [0.05, 0.1) is 35.8 Å². The van der Waals surface area contributed by atoms with Crippen LogP contribution in [0.3, 0.4) is 0 Å². The number of aliphatic hydroxyl groups is 1. The first-order valence-corrected chi connectivity index (χ1v) is 14.1. The average molecular weight is 568 g/mol. The van der Waals surface area contributed by atoms with E-state index in [-0.39, 0.29) is 47.0 Å². The fourth-order valence-electron chi connectivity index (χ4n) is 6.16. The van der Waals surface area contributed by atoms with Gasteiger partial charge < -0.3 is 20.1 Å². The number of nitrogens with one attached hydrogen (secondary N) is 1. The third-order valence-corrected chi connectivity index (χ3v) is 10.8. The molecule has 4 rings (SSSR count). The molecule has 1 aromatic rings. The molecule has 3 fully saturated rings. The van der Waals surface area contributed by atoms with Crippen molar-refractivity contribution in [3.05, 3.63) is 29.3 Å². The van der Waals surface area contributed by atoms with Gasteiger partial charge in [0.15, 0.2) is 0 Å². The Morgan fingerprint density at radius 1 is 1.34 bits per heavy atom. The number of likely N-dealkylation sites (tertiary alicyclic amines) is 1. The predicted octanol–water partition coefficient (Wildman–Crippen LogP) is 3.68. The molecule has 0 radical (unpaired) electrons. The van der Waals surface area contributed by atoms with E-state index in [1.165, 1.54) is 0 Å². The fourth-order valence-corrected chi connectivity index (χ4v) is 9.75. The van der Waals surface area contributed by atoms with Gasteiger partial charge in [0.25, 0.3) is 0 Å². The number of fused-ring (bicyclic) bond motifs is 1. The quantitative estimate of drug-likeness (QED) is 0.368. The molecule has 2 bridgehead atoms. The third kappa shape index (κ3) is 4.42. The lowest BCUT2D eigenvalue weighted by Crippen LogP contribution is -2.55. The molecule has 3 unspecified atom stereocenters. The molecule has 9 heteroatoms. The highest BCUT2D eigenvalue weighted by molar-refractivity contribution is 9.09. The summed E-state index contributed by atoms with van der Waals surface area (Å²) in [5.41, 5.74) is 2.66. The zero-order valence-corrected chi connectivity index (χ0v) is 23.3. The van der Waals surface area contributed by atoms with E-state index >= 15 is 0 Å². The number of nitrogens with zero attached hydrogens (tertiary/aromatic N) is 1. The van der Waals surface area contributed by atoms with Gasteiger partial charge in [-0.3, -0.25) is 14.4 Å². The summed E-state index contributed by atoms with van der Waals surface area (Å²) < 4.78 is 4.63. The number of amides is 2. The van der Waals surface area contributed by atoms with Crippen molar-refractivity contribution in [2.75, 3.05) is 18.5 Å². The second-order valence-electron chi connectivity index (χ2n) is 10.4. The fraction of sp³-hybridized carbons (Fsp3) is 0.654. The molecule has 192 valence electrons. The van der Waals surface area contributed by atoms with E-state index < -0.39 is 28.7 Å². The molecule has 2 N–H and O–H groups in total. The maximum atomic E-state index is 14.1. The second-order valence-corrected chi connectivity index (χ2v) is 13.2. The Hall–Kier alpha value is -1.58. The molecule has 1 spiro atoms. The predicted molar refractivity (Wildman–Crippen MR) is 141 cm³/mol. The van der Waals surface area contributed by atoms with E-state index in [2.05, 4.69) is 21.2 Å². The Balaban J connectivity index is 1.79. The normalized spacial score (nSPS) is 32.2. The largest absolute Gasteiger partial charge is 0.466 e. The molecular weight excluding hydrogens is 532 g/mol. The highest BCUT2D eigenvalue weighted by Gasteiger charge is 2.76. The van der Waals surface area contributed by atoms with Crippen molar-refractivity contribution < 1.29 is 24.2 Å². The van der Waals surface area contributed by atoms with Gasteiger partial charge in [0.2, 0.25) is 11.8 Å². The van der Waals surface area contributed by atoms with E-state index in [0.717, 1.165) is 11.1 Å². The summed E-state index contributed by atoms with van der Waals surface area (Å²) in [6.07, 6.45) is 1.16. The van der Waals surface area contributed by atoms with Crippen molar-refractivity contribution in [3.63, 3.8) is 0 Å². The molecule has 1 aromatic carbocycles. The van der Waals surface area contributed by atoms with Gasteiger partial charge in [-0.15, -0.1) is 11.8 Å². The second kappa shape index (κ2) is 10.1. The van der Waals surface area contributed by atoms with E-state index in [9.17, 15) is 19.5 Å². The first-order valence-electron chi connectivity index (χ1n) is 12.3. The van der Waals surface area contributed by atoms with Gasteiger partial charge >= 0.3 is 5.97 Å². The number of anilines is 1. The summed E-state index contributed by atoms with van der Waals surface area (Å²) in [7, 11) is 0. The van der Waals surface area contributed by atoms with Crippen LogP contribution in [0, 0.1) is 31.6 Å². The summed E-state index contributed by atoms with van der Waals surface area (Å²) in [4.78, 5) is 42.8. The summed E-state index contributed by atoms with van der Waals surface area (Å²) in [5, 5.41) is 13.3. The van der Waals surface area contributed by atoms with Crippen LogP contribution in [-0.2, 0) is 19.1 Å². The number of halogens is 1. The summed E-state index contributed by atoms with van der Waals surface area (Å²) >= 11 is 5.32. The van der Waals surface area contributed by atoms with Crippen LogP contribution in [0.1, 0.15) is 44.7 Å². The van der Waals surface area contributed by atoms with Crippen LogP contribution in [0.15, 0.2) is 18.2 Å². The zero-order valence-electron chi connectivity index (χ0n) is 20.9. The molecule has 3 saturated heterocycles. The lowest BCUT2D eigenvalue weighted by Gasteiger charge is -2.38. The Kier molecular flexibility index (Phi) is 7.61. The van der Waals surface area contributed by atoms with E-state index in [1.807, 2.05) is 45.9 Å². The number of carbonyl (C=O) groups is 3. The number of hydrogen-bond donors (Lipinski definition) is 2. The highest BCUT2D eigenvalue weighted by Crippen LogP contribution is 2.68. The number of carbonyl (C=O) groups excluding carboxylic acids is 3. The van der Waals surface area contributed by atoms with Crippen molar-refractivity contribution in [2.24, 2.45) is 17.8 Å². The molecule has 35 heavy (non-hydrogen) atoms. The summed E-state index contributed by atoms with van der Waals surface area (Å²) in [5.74, 6) is -1.93. The summed E-state index contributed by atoms with van der Waals surface area (Å²) in [6.45, 7) is 9.72. The lowest BCUT2D eigenvalue weighted by molar-refractivity contribution is -0.154. The number of aryl methyl sites for hydroxylation is 2. The van der Waals surface area contributed by atoms with Crippen LogP contribution in [0.4, 0.5) is 5.69 Å². The Morgan fingerprint density at radius 3 is 2.69 bits per heavy atom. The number of aliphatic hydroxyl groups excluding tert-OH is 1. The number of thioether (sulfide) groups is 1. The molecule has 3 aliphatic rings. The molecule has 7 atom stereocenters. The lowest BCUT2D eigenvalue weighted by atomic mass is 9.71. The highest BCUT2D eigenvalue weighted by atomic mass is 79.9. The van der Waals surface area contributed by atoms with Crippen LogP contribution < -0.4 is 5.32 Å². The van der Waals surface area contributed by atoms with Crippen molar-refractivity contribution in [1.29, 1.82) is 0 Å². The first kappa shape index (κ1) is 26.5. The van der Waals surface area contributed by atoms with Crippen LogP contribution in [-0.4, -0.2) is 67.9 Å². The van der Waals surface area contributed by atoms with Crippen molar-refractivity contribution in [3.8, 4) is 0 Å². The zero-order chi connectivity index (χ0) is 25.7. The topological polar surface area (TPSA) is 95.9 Å². The number of esters is 1. The van der Waals surface area contributed by atoms with Crippen molar-refractivity contribution in [1.82, 2.24) is 4.90 Å². The van der Waals surface area contributed by atoms with Crippen LogP contribution >= 0.6 is 27.7 Å². The maximum Gasteiger partial charge on any atom is 0.310 e. The first-order chi connectivity index (χ1) is 16.5. The minimum Gasteiger partial charge on any atom is -0.466 e. The van der Waals surface area contributed by atoms with Gasteiger partial charge in [0.1, 0.15) is 6.04 Å². The molecular formula is C26H35BrN2O5S. The molecule has 3 aliphatic heterocycles. The van der Waals surface area contributed by atoms with Crippen molar-refractivity contribution in [2.45, 2.75) is 74.4 Å². The molecule has 2 amide bonds. The number of benzene rings is 1. The number of ether oxygens (including phenoxy) is 1. The molecule has 0 saturated carbocycles. The van der Waals surface area contributed by atoms with Gasteiger partial charge in [0, 0.05) is 15.8 Å². The monoisotopic (exact) mass is 566 g/mol. The Bertz CT molecular complexity index is 1020. The Morgan fingerprint density at radius 2 is 2.06 bits per heavy atom. The summed E-state index contributed by atoms with van der Waals surface area (Å²) in [6, 6.07) is 4.57. The van der Waals surface area contributed by atoms with E-state index in [0.29, 0.717) is 18.5 Å². The van der Waals surface area contributed by atoms with Crippen LogP contribution in [0.25, 0.3) is 0 Å². The molecule has 0 aliphatic carbocycles. The maximum absolute atomic E-state index is 14.1. The number of alkyl halides is 1. The van der Waals surface area contributed by atoms with Gasteiger partial charge in [-0.1, -0.05) is 41.9 Å². The SMILES string of the molecule is CCOC(=O)[C@H]1[C@@H]2SC3(CC2Br)C(C(=O)Nc2cc(C)ccc2C)N([C@@H](CO)CC(C)C)C(=O)[C@H]13. The van der Waals surface area contributed by atoms with Gasteiger partial charge in [-0.2, -0.15) is 0 Å². The number of hydrogen-bond acceptors (Lipinski definition) is 6. The van der Waals surface area contributed by atoms with E-state index in [1.54, 1.807) is 23.6 Å². The third-order valence-electron chi connectivity index (χ3n) is 7.53. The molecule has 0 aromatic heterocycles. The minimum atomic E-state index is -0.801. The Labute approximate surface area is 219 Å². The van der Waals surface area contributed by atoms with Gasteiger partial charge in [-0.25, -0.2) is 0 Å².